The molecule has 3 rings (SSSR count). The first kappa shape index (κ1) is 9.81. The Hall–Kier alpha value is -1.39. The molecule has 0 radical (unpaired) electrons. The van der Waals surface area contributed by atoms with Crippen LogP contribution in [0.4, 0.5) is 0 Å². The molecule has 1 aliphatic carbocycles. The standard InChI is InChI=1S/C12H11NO2S/c13-16(14,15)11-7-5-9-3-1-2-8-4-6-10(11)12(8)9/h1-3,5,7H,4,6H2,(H2,13,14,15). The van der Waals surface area contributed by atoms with Gasteiger partial charge in [0.25, 0.3) is 0 Å². The van der Waals surface area contributed by atoms with Crippen molar-refractivity contribution in [2.24, 2.45) is 5.14 Å². The number of hydrogen-bond acceptors (Lipinski definition) is 2. The van der Waals surface area contributed by atoms with Gasteiger partial charge >= 0.3 is 0 Å². The SMILES string of the molecule is NS(=O)(=O)c1ccc2cccc3c2c1CC3. The van der Waals surface area contributed by atoms with Gasteiger partial charge in [-0.1, -0.05) is 24.3 Å². The predicted molar refractivity (Wildman–Crippen MR) is 62.7 cm³/mol. The summed E-state index contributed by atoms with van der Waals surface area (Å²) >= 11 is 0. The van der Waals surface area contributed by atoms with E-state index in [9.17, 15) is 8.42 Å². The zero-order chi connectivity index (χ0) is 11.3. The lowest BCUT2D eigenvalue weighted by Crippen LogP contribution is -2.14. The first-order valence-corrected chi connectivity index (χ1v) is 6.68. The van der Waals surface area contributed by atoms with E-state index in [1.807, 2.05) is 24.3 Å². The van der Waals surface area contributed by atoms with Crippen molar-refractivity contribution in [3.63, 3.8) is 0 Å². The van der Waals surface area contributed by atoms with Gasteiger partial charge in [-0.15, -0.1) is 0 Å². The maximum absolute atomic E-state index is 11.5. The van der Waals surface area contributed by atoms with E-state index in [0.717, 1.165) is 29.2 Å². The molecule has 82 valence electrons. The average Bonchev–Trinajstić information content (AvgIpc) is 2.63. The second kappa shape index (κ2) is 3.06. The van der Waals surface area contributed by atoms with Crippen LogP contribution in [0.25, 0.3) is 10.8 Å². The van der Waals surface area contributed by atoms with Crippen LogP contribution in [0.3, 0.4) is 0 Å². The third-order valence-electron chi connectivity index (χ3n) is 3.15. The summed E-state index contributed by atoms with van der Waals surface area (Å²) in [6, 6.07) is 9.49. The van der Waals surface area contributed by atoms with Gasteiger partial charge in [-0.05, 0) is 40.8 Å². The number of benzene rings is 2. The zero-order valence-corrected chi connectivity index (χ0v) is 9.42. The molecule has 16 heavy (non-hydrogen) atoms. The van der Waals surface area contributed by atoms with Crippen molar-refractivity contribution in [2.45, 2.75) is 17.7 Å². The van der Waals surface area contributed by atoms with Crippen LogP contribution < -0.4 is 5.14 Å². The van der Waals surface area contributed by atoms with Gasteiger partial charge in [0.1, 0.15) is 0 Å². The molecule has 2 aromatic carbocycles. The number of nitrogens with two attached hydrogens (primary N) is 1. The predicted octanol–water partition coefficient (Wildman–Crippen LogP) is 1.59. The fraction of sp³-hybridized carbons (Fsp3) is 0.167. The van der Waals surface area contributed by atoms with Gasteiger partial charge in [0.15, 0.2) is 0 Å². The molecule has 0 saturated carbocycles. The molecule has 0 saturated heterocycles. The van der Waals surface area contributed by atoms with Crippen LogP contribution in [0.2, 0.25) is 0 Å². The van der Waals surface area contributed by atoms with Gasteiger partial charge in [0, 0.05) is 0 Å². The van der Waals surface area contributed by atoms with Gasteiger partial charge in [0.2, 0.25) is 10.0 Å². The number of sulfonamides is 1. The second-order valence-electron chi connectivity index (χ2n) is 4.10. The lowest BCUT2D eigenvalue weighted by Gasteiger charge is -2.06. The molecule has 0 amide bonds. The molecule has 2 aromatic rings. The van der Waals surface area contributed by atoms with Crippen molar-refractivity contribution in [3.8, 4) is 0 Å². The highest BCUT2D eigenvalue weighted by Gasteiger charge is 2.22. The van der Waals surface area contributed by atoms with Crippen LogP contribution in [0, 0.1) is 0 Å². The average molecular weight is 233 g/mol. The number of primary sulfonamides is 1. The Kier molecular flexibility index (Phi) is 1.87. The molecule has 1 aliphatic rings. The van der Waals surface area contributed by atoms with Crippen molar-refractivity contribution in [3.05, 3.63) is 41.5 Å². The quantitative estimate of drug-likeness (QED) is 0.813. The summed E-state index contributed by atoms with van der Waals surface area (Å²) in [4.78, 5) is 0.282. The number of hydrogen-bond donors (Lipinski definition) is 1. The highest BCUT2D eigenvalue weighted by Crippen LogP contribution is 2.34. The summed E-state index contributed by atoms with van der Waals surface area (Å²) in [5.41, 5.74) is 2.11. The maximum Gasteiger partial charge on any atom is 0.238 e. The molecule has 0 fully saturated rings. The van der Waals surface area contributed by atoms with E-state index >= 15 is 0 Å². The Morgan fingerprint density at radius 1 is 1.06 bits per heavy atom. The van der Waals surface area contributed by atoms with E-state index < -0.39 is 10.0 Å². The molecule has 4 heteroatoms. The molecule has 0 spiro atoms. The zero-order valence-electron chi connectivity index (χ0n) is 8.60. The molecule has 0 bridgehead atoms. The first-order valence-electron chi connectivity index (χ1n) is 5.13. The fourth-order valence-electron chi connectivity index (χ4n) is 2.50. The Labute approximate surface area is 93.9 Å². The number of aryl methyl sites for hydroxylation is 2. The van der Waals surface area contributed by atoms with Crippen molar-refractivity contribution in [1.29, 1.82) is 0 Å². The molecule has 0 atom stereocenters. The normalized spacial score (nSPS) is 14.6. The van der Waals surface area contributed by atoms with Crippen molar-refractivity contribution < 1.29 is 8.42 Å². The summed E-state index contributed by atoms with van der Waals surface area (Å²) in [5, 5.41) is 7.39. The molecule has 2 N–H and O–H groups in total. The molecule has 0 heterocycles. The minimum Gasteiger partial charge on any atom is -0.225 e. The van der Waals surface area contributed by atoms with E-state index in [0.29, 0.717) is 0 Å². The monoisotopic (exact) mass is 233 g/mol. The van der Waals surface area contributed by atoms with Crippen molar-refractivity contribution >= 4 is 20.8 Å². The molecule has 0 aromatic heterocycles. The minimum absolute atomic E-state index is 0.282. The van der Waals surface area contributed by atoms with Crippen molar-refractivity contribution in [1.82, 2.24) is 0 Å². The van der Waals surface area contributed by atoms with E-state index in [1.54, 1.807) is 6.07 Å². The summed E-state index contributed by atoms with van der Waals surface area (Å²) in [6.07, 6.45) is 1.67. The number of rotatable bonds is 1. The molecule has 0 aliphatic heterocycles. The van der Waals surface area contributed by atoms with Gasteiger partial charge in [-0.3, -0.25) is 0 Å². The van der Waals surface area contributed by atoms with Crippen LogP contribution in [0.15, 0.2) is 35.2 Å². The largest absolute Gasteiger partial charge is 0.238 e. The Morgan fingerprint density at radius 3 is 2.62 bits per heavy atom. The van der Waals surface area contributed by atoms with Crippen molar-refractivity contribution in [2.75, 3.05) is 0 Å². The van der Waals surface area contributed by atoms with Crippen LogP contribution in [-0.4, -0.2) is 8.42 Å². The Morgan fingerprint density at radius 2 is 1.88 bits per heavy atom. The molecular formula is C12H11NO2S. The van der Waals surface area contributed by atoms with Gasteiger partial charge in [0.05, 0.1) is 4.90 Å². The fourth-order valence-corrected chi connectivity index (χ4v) is 3.30. The highest BCUT2D eigenvalue weighted by molar-refractivity contribution is 7.89. The highest BCUT2D eigenvalue weighted by atomic mass is 32.2. The van der Waals surface area contributed by atoms with E-state index in [2.05, 4.69) is 0 Å². The van der Waals surface area contributed by atoms with E-state index in [-0.39, 0.29) is 4.90 Å². The topological polar surface area (TPSA) is 60.2 Å². The Bertz CT molecular complexity index is 689. The minimum atomic E-state index is -3.60. The first-order chi connectivity index (χ1) is 7.57. The molecule has 3 nitrogen and oxygen atoms in total. The van der Waals surface area contributed by atoms with E-state index in [4.69, 9.17) is 5.14 Å². The Balaban J connectivity index is 2.49. The summed E-state index contributed by atoms with van der Waals surface area (Å²) in [5.74, 6) is 0. The van der Waals surface area contributed by atoms with Crippen LogP contribution in [0.5, 0.6) is 0 Å². The molecular weight excluding hydrogens is 222 g/mol. The summed E-state index contributed by atoms with van der Waals surface area (Å²) < 4.78 is 22.9. The van der Waals surface area contributed by atoms with Crippen LogP contribution in [-0.2, 0) is 22.9 Å². The smallest absolute Gasteiger partial charge is 0.225 e. The lowest BCUT2D eigenvalue weighted by atomic mass is 10.1. The molecule has 0 unspecified atom stereocenters. The maximum atomic E-state index is 11.5. The third kappa shape index (κ3) is 1.27. The van der Waals surface area contributed by atoms with Crippen LogP contribution >= 0.6 is 0 Å². The van der Waals surface area contributed by atoms with Crippen LogP contribution in [0.1, 0.15) is 11.1 Å². The lowest BCUT2D eigenvalue weighted by molar-refractivity contribution is 0.597. The third-order valence-corrected chi connectivity index (χ3v) is 4.14. The van der Waals surface area contributed by atoms with Gasteiger partial charge in [-0.25, -0.2) is 13.6 Å². The van der Waals surface area contributed by atoms with E-state index in [1.165, 1.54) is 5.56 Å². The second-order valence-corrected chi connectivity index (χ2v) is 5.63. The van der Waals surface area contributed by atoms with Gasteiger partial charge < -0.3 is 0 Å². The summed E-state index contributed by atoms with van der Waals surface area (Å²) in [7, 11) is -3.60. The summed E-state index contributed by atoms with van der Waals surface area (Å²) in [6.45, 7) is 0. The van der Waals surface area contributed by atoms with Gasteiger partial charge in [-0.2, -0.15) is 0 Å².